The van der Waals surface area contributed by atoms with Crippen LogP contribution in [0.3, 0.4) is 0 Å². The summed E-state index contributed by atoms with van der Waals surface area (Å²) < 4.78 is 49.2. The monoisotopic (exact) mass is 288 g/mol. The Balaban J connectivity index is 1.73. The molecular formula is C14H15F3O3. The first-order valence-electron chi connectivity index (χ1n) is 6.37. The molecule has 3 saturated carbocycles. The molecule has 3 fully saturated rings. The highest BCUT2D eigenvalue weighted by atomic mass is 19.4. The van der Waals surface area contributed by atoms with E-state index in [1.54, 1.807) is 18.2 Å². The SMILES string of the molecule is COc1cc(CO)ccc1OC12CC(C(F)(F)F)(C1)C2. The molecule has 3 aliphatic rings. The lowest BCUT2D eigenvalue weighted by Gasteiger charge is -2.68. The molecule has 0 heterocycles. The molecule has 3 aliphatic carbocycles. The molecule has 0 radical (unpaired) electrons. The fourth-order valence-electron chi connectivity index (χ4n) is 3.23. The molecule has 1 aromatic carbocycles. The van der Waals surface area contributed by atoms with Crippen LogP contribution in [0.5, 0.6) is 11.5 Å². The molecule has 1 aromatic rings. The van der Waals surface area contributed by atoms with E-state index in [4.69, 9.17) is 14.6 Å². The van der Waals surface area contributed by atoms with Crippen molar-refractivity contribution in [3.8, 4) is 11.5 Å². The minimum absolute atomic E-state index is 0.0222. The summed E-state index contributed by atoms with van der Waals surface area (Å²) in [5.74, 6) is 0.863. The second-order valence-corrected chi connectivity index (χ2v) is 5.74. The van der Waals surface area contributed by atoms with E-state index in [0.29, 0.717) is 17.1 Å². The van der Waals surface area contributed by atoms with Gasteiger partial charge in [-0.15, -0.1) is 0 Å². The fourth-order valence-corrected chi connectivity index (χ4v) is 3.23. The van der Waals surface area contributed by atoms with Gasteiger partial charge in [0.15, 0.2) is 11.5 Å². The van der Waals surface area contributed by atoms with Gasteiger partial charge in [0.05, 0.1) is 19.1 Å². The normalized spacial score (nSPS) is 31.2. The first kappa shape index (κ1) is 13.5. The number of hydrogen-bond donors (Lipinski definition) is 1. The average Bonchev–Trinajstić information content (AvgIpc) is 2.30. The predicted octanol–water partition coefficient (Wildman–Crippen LogP) is 3.05. The van der Waals surface area contributed by atoms with Crippen molar-refractivity contribution < 1.29 is 27.8 Å². The first-order valence-corrected chi connectivity index (χ1v) is 6.37. The van der Waals surface area contributed by atoms with Crippen LogP contribution in [0, 0.1) is 5.41 Å². The number of methoxy groups -OCH3 is 1. The summed E-state index contributed by atoms with van der Waals surface area (Å²) in [6.07, 6.45) is -4.07. The molecule has 1 N–H and O–H groups in total. The van der Waals surface area contributed by atoms with Crippen molar-refractivity contribution in [2.75, 3.05) is 7.11 Å². The zero-order valence-electron chi connectivity index (χ0n) is 11.0. The summed E-state index contributed by atoms with van der Waals surface area (Å²) >= 11 is 0. The third-order valence-corrected chi connectivity index (χ3v) is 4.32. The molecule has 0 spiro atoms. The molecule has 0 saturated heterocycles. The summed E-state index contributed by atoms with van der Waals surface area (Å²) in [5, 5.41) is 9.05. The Bertz CT molecular complexity index is 519. The fraction of sp³-hybridized carbons (Fsp3) is 0.571. The molecule has 110 valence electrons. The third kappa shape index (κ3) is 1.78. The van der Waals surface area contributed by atoms with E-state index in [9.17, 15) is 13.2 Å². The van der Waals surface area contributed by atoms with Crippen molar-refractivity contribution in [1.82, 2.24) is 0 Å². The smallest absolute Gasteiger partial charge is 0.394 e. The summed E-state index contributed by atoms with van der Waals surface area (Å²) in [6.45, 7) is -0.126. The van der Waals surface area contributed by atoms with Crippen LogP contribution in [0.4, 0.5) is 13.2 Å². The van der Waals surface area contributed by atoms with Gasteiger partial charge >= 0.3 is 6.18 Å². The summed E-state index contributed by atoms with van der Waals surface area (Å²) in [5.41, 5.74) is -1.55. The summed E-state index contributed by atoms with van der Waals surface area (Å²) in [6, 6.07) is 4.92. The van der Waals surface area contributed by atoms with Crippen LogP contribution in [0.15, 0.2) is 18.2 Å². The lowest BCUT2D eigenvalue weighted by Crippen LogP contribution is -2.75. The highest BCUT2D eigenvalue weighted by Gasteiger charge is 2.80. The van der Waals surface area contributed by atoms with Crippen molar-refractivity contribution in [3.63, 3.8) is 0 Å². The molecule has 0 aliphatic heterocycles. The number of benzene rings is 1. The Morgan fingerprint density at radius 2 is 1.85 bits per heavy atom. The molecular weight excluding hydrogens is 273 g/mol. The van der Waals surface area contributed by atoms with Crippen molar-refractivity contribution in [3.05, 3.63) is 23.8 Å². The van der Waals surface area contributed by atoms with Gasteiger partial charge in [-0.2, -0.15) is 13.2 Å². The lowest BCUT2D eigenvalue weighted by molar-refractivity contribution is -0.373. The van der Waals surface area contributed by atoms with Crippen molar-refractivity contribution in [1.29, 1.82) is 0 Å². The van der Waals surface area contributed by atoms with Gasteiger partial charge in [0.2, 0.25) is 0 Å². The molecule has 0 amide bonds. The largest absolute Gasteiger partial charge is 0.493 e. The minimum Gasteiger partial charge on any atom is -0.493 e. The molecule has 0 atom stereocenters. The van der Waals surface area contributed by atoms with Gasteiger partial charge in [-0.1, -0.05) is 6.07 Å². The highest BCUT2D eigenvalue weighted by Crippen LogP contribution is 2.74. The lowest BCUT2D eigenvalue weighted by atomic mass is 9.40. The van der Waals surface area contributed by atoms with E-state index in [0.717, 1.165) is 0 Å². The van der Waals surface area contributed by atoms with Gasteiger partial charge in [-0.3, -0.25) is 0 Å². The average molecular weight is 288 g/mol. The molecule has 0 aromatic heterocycles. The molecule has 0 unspecified atom stereocenters. The van der Waals surface area contributed by atoms with Crippen LogP contribution in [0.2, 0.25) is 0 Å². The van der Waals surface area contributed by atoms with Gasteiger partial charge in [-0.05, 0) is 17.7 Å². The van der Waals surface area contributed by atoms with Gasteiger partial charge in [0.1, 0.15) is 5.60 Å². The predicted molar refractivity (Wildman–Crippen MR) is 64.6 cm³/mol. The zero-order chi connectivity index (χ0) is 14.6. The van der Waals surface area contributed by atoms with Crippen molar-refractivity contribution in [2.24, 2.45) is 5.41 Å². The zero-order valence-corrected chi connectivity index (χ0v) is 11.0. The highest BCUT2D eigenvalue weighted by molar-refractivity contribution is 5.44. The van der Waals surface area contributed by atoms with E-state index in [1.165, 1.54) is 7.11 Å². The Kier molecular flexibility index (Phi) is 2.73. The van der Waals surface area contributed by atoms with Gasteiger partial charge in [-0.25, -0.2) is 0 Å². The van der Waals surface area contributed by atoms with E-state index in [-0.39, 0.29) is 25.9 Å². The summed E-state index contributed by atoms with van der Waals surface area (Å²) in [4.78, 5) is 0. The topological polar surface area (TPSA) is 38.7 Å². The van der Waals surface area contributed by atoms with Gasteiger partial charge in [0, 0.05) is 19.3 Å². The van der Waals surface area contributed by atoms with E-state index in [2.05, 4.69) is 0 Å². The number of hydrogen-bond acceptors (Lipinski definition) is 3. The van der Waals surface area contributed by atoms with Crippen molar-refractivity contribution >= 4 is 0 Å². The van der Waals surface area contributed by atoms with Gasteiger partial charge in [0.25, 0.3) is 0 Å². The van der Waals surface area contributed by atoms with Crippen LogP contribution < -0.4 is 9.47 Å². The number of alkyl halides is 3. The van der Waals surface area contributed by atoms with Gasteiger partial charge < -0.3 is 14.6 Å². The van der Waals surface area contributed by atoms with Crippen molar-refractivity contribution in [2.45, 2.75) is 37.6 Å². The minimum atomic E-state index is -4.14. The van der Waals surface area contributed by atoms with Crippen LogP contribution in [0.1, 0.15) is 24.8 Å². The number of halogens is 3. The Labute approximate surface area is 114 Å². The number of rotatable bonds is 4. The first-order chi connectivity index (χ1) is 9.33. The molecule has 2 bridgehead atoms. The maximum absolute atomic E-state index is 12.8. The molecule has 4 rings (SSSR count). The van der Waals surface area contributed by atoms with Crippen LogP contribution in [0.25, 0.3) is 0 Å². The molecule has 20 heavy (non-hydrogen) atoms. The van der Waals surface area contributed by atoms with Crippen LogP contribution >= 0.6 is 0 Å². The number of aliphatic hydroxyl groups is 1. The standard InChI is InChI=1S/C14H15F3O3/c1-19-11-4-9(5-18)2-3-10(11)20-13-6-12(7-13,8-13)14(15,16)17/h2-4,18H,5-8H2,1H3. The van der Waals surface area contributed by atoms with E-state index < -0.39 is 17.2 Å². The second kappa shape index (κ2) is 4.04. The second-order valence-electron chi connectivity index (χ2n) is 5.74. The van der Waals surface area contributed by atoms with Crippen LogP contribution in [-0.2, 0) is 6.61 Å². The van der Waals surface area contributed by atoms with E-state index in [1.807, 2.05) is 0 Å². The quantitative estimate of drug-likeness (QED) is 0.925. The molecule has 6 heteroatoms. The maximum Gasteiger partial charge on any atom is 0.394 e. The third-order valence-electron chi connectivity index (χ3n) is 4.32. The van der Waals surface area contributed by atoms with Crippen LogP contribution in [-0.4, -0.2) is 24.0 Å². The Morgan fingerprint density at radius 3 is 2.35 bits per heavy atom. The number of aliphatic hydroxyl groups excluding tert-OH is 1. The van der Waals surface area contributed by atoms with E-state index >= 15 is 0 Å². The summed E-state index contributed by atoms with van der Waals surface area (Å²) in [7, 11) is 1.46. The Hall–Kier alpha value is -1.43. The molecule has 3 nitrogen and oxygen atoms in total. The maximum atomic E-state index is 12.8. The Morgan fingerprint density at radius 1 is 1.20 bits per heavy atom. The number of ether oxygens (including phenoxy) is 2.